The topological polar surface area (TPSA) is 46.2 Å². The van der Waals surface area contributed by atoms with Crippen LogP contribution in [0.4, 0.5) is 13.2 Å². The van der Waals surface area contributed by atoms with E-state index in [1.807, 2.05) is 0 Å². The fraction of sp³-hybridized carbons (Fsp3) is 0.400. The Balaban J connectivity index is 2.78. The van der Waals surface area contributed by atoms with Crippen LogP contribution in [-0.4, -0.2) is 17.2 Å². The Morgan fingerprint density at radius 3 is 2.62 bits per heavy atom. The van der Waals surface area contributed by atoms with Crippen molar-refractivity contribution >= 4 is 11.8 Å². The van der Waals surface area contributed by atoms with Gasteiger partial charge in [0.05, 0.1) is 0 Å². The molecule has 0 aromatic heterocycles. The van der Waals surface area contributed by atoms with Gasteiger partial charge in [0.25, 0.3) is 0 Å². The van der Waals surface area contributed by atoms with Crippen LogP contribution in [0.3, 0.4) is 0 Å². The van der Waals surface area contributed by atoms with Gasteiger partial charge in [-0.05, 0) is 35.9 Å². The van der Waals surface area contributed by atoms with E-state index >= 15 is 0 Å². The maximum absolute atomic E-state index is 12.1. The highest BCUT2D eigenvalue weighted by molar-refractivity contribution is 8.00. The van der Waals surface area contributed by atoms with Gasteiger partial charge in [-0.25, -0.2) is 0 Å². The molecule has 0 amide bonds. The van der Waals surface area contributed by atoms with Gasteiger partial charge in [0.2, 0.25) is 0 Å². The zero-order chi connectivity index (χ0) is 12.2. The van der Waals surface area contributed by atoms with E-state index in [4.69, 9.17) is 10.8 Å². The molecule has 0 radical (unpaired) electrons. The molecule has 0 spiro atoms. The van der Waals surface area contributed by atoms with Crippen LogP contribution < -0.4 is 5.73 Å². The van der Waals surface area contributed by atoms with Crippen molar-refractivity contribution in [1.82, 2.24) is 0 Å². The van der Waals surface area contributed by atoms with E-state index in [0.717, 1.165) is 0 Å². The first kappa shape index (κ1) is 13.3. The maximum Gasteiger partial charge on any atom is 0.446 e. The highest BCUT2D eigenvalue weighted by Gasteiger charge is 2.29. The molecule has 0 saturated heterocycles. The molecule has 0 aliphatic rings. The number of thioether (sulfide) groups is 1. The Morgan fingerprint density at radius 1 is 1.38 bits per heavy atom. The Hall–Kier alpha value is -0.720. The van der Waals surface area contributed by atoms with Crippen molar-refractivity contribution in [2.75, 3.05) is 6.61 Å². The summed E-state index contributed by atoms with van der Waals surface area (Å²) in [4.78, 5) is 0.110. The molecule has 90 valence electrons. The van der Waals surface area contributed by atoms with Gasteiger partial charge >= 0.3 is 5.51 Å². The fourth-order valence-corrected chi connectivity index (χ4v) is 1.86. The largest absolute Gasteiger partial charge is 0.446 e. The Bertz CT molecular complexity index is 343. The molecular formula is C10H12F3NOS. The van der Waals surface area contributed by atoms with Crippen molar-refractivity contribution in [2.24, 2.45) is 5.73 Å². The lowest BCUT2D eigenvalue weighted by atomic mass is 10.1. The van der Waals surface area contributed by atoms with Crippen LogP contribution in [0.5, 0.6) is 0 Å². The molecule has 0 bridgehead atoms. The van der Waals surface area contributed by atoms with Crippen molar-refractivity contribution in [3.63, 3.8) is 0 Å². The second-order valence-corrected chi connectivity index (χ2v) is 4.38. The first-order valence-electron chi connectivity index (χ1n) is 4.64. The number of aliphatic hydroxyl groups excluding tert-OH is 1. The lowest BCUT2D eigenvalue weighted by Gasteiger charge is -2.12. The molecule has 1 unspecified atom stereocenters. The summed E-state index contributed by atoms with van der Waals surface area (Å²) in [5.41, 5.74) is 2.00. The van der Waals surface area contributed by atoms with Crippen LogP contribution in [0.15, 0.2) is 29.2 Å². The molecule has 1 rings (SSSR count). The average Bonchev–Trinajstić information content (AvgIpc) is 2.16. The Labute approximate surface area is 95.6 Å². The van der Waals surface area contributed by atoms with Crippen molar-refractivity contribution in [2.45, 2.75) is 22.9 Å². The smallest absolute Gasteiger partial charge is 0.396 e. The molecule has 1 aromatic carbocycles. The highest BCUT2D eigenvalue weighted by Crippen LogP contribution is 2.37. The van der Waals surface area contributed by atoms with Gasteiger partial charge in [0.1, 0.15) is 0 Å². The lowest BCUT2D eigenvalue weighted by molar-refractivity contribution is -0.0328. The molecule has 6 heteroatoms. The number of hydrogen-bond donors (Lipinski definition) is 2. The fourth-order valence-electron chi connectivity index (χ4n) is 1.25. The normalized spacial score (nSPS) is 13.8. The van der Waals surface area contributed by atoms with Crippen LogP contribution in [0, 0.1) is 0 Å². The number of rotatable bonds is 4. The minimum Gasteiger partial charge on any atom is -0.396 e. The molecule has 0 saturated carbocycles. The van der Waals surface area contributed by atoms with Gasteiger partial charge in [-0.3, -0.25) is 0 Å². The van der Waals surface area contributed by atoms with Crippen LogP contribution in [-0.2, 0) is 0 Å². The van der Waals surface area contributed by atoms with Gasteiger partial charge in [0.15, 0.2) is 0 Å². The van der Waals surface area contributed by atoms with Crippen molar-refractivity contribution in [3.05, 3.63) is 29.8 Å². The zero-order valence-corrected chi connectivity index (χ0v) is 9.18. The number of halogens is 3. The molecule has 1 aromatic rings. The predicted octanol–water partition coefficient (Wildman–Crippen LogP) is 2.68. The number of benzene rings is 1. The minimum atomic E-state index is -4.29. The number of alkyl halides is 3. The summed E-state index contributed by atoms with van der Waals surface area (Å²) in [6, 6.07) is 5.53. The first-order chi connectivity index (χ1) is 7.42. The minimum absolute atomic E-state index is 0.0855. The second kappa shape index (κ2) is 5.56. The van der Waals surface area contributed by atoms with Crippen molar-refractivity contribution in [3.8, 4) is 0 Å². The molecule has 0 heterocycles. The summed E-state index contributed by atoms with van der Waals surface area (Å²) in [6.07, 6.45) is 0.333. The van der Waals surface area contributed by atoms with Gasteiger partial charge in [-0.2, -0.15) is 13.2 Å². The monoisotopic (exact) mass is 251 g/mol. The van der Waals surface area contributed by atoms with Gasteiger partial charge in [0, 0.05) is 17.5 Å². The third kappa shape index (κ3) is 4.42. The lowest BCUT2D eigenvalue weighted by Crippen LogP contribution is -2.12. The van der Waals surface area contributed by atoms with E-state index < -0.39 is 11.6 Å². The summed E-state index contributed by atoms with van der Waals surface area (Å²) < 4.78 is 36.3. The van der Waals surface area contributed by atoms with E-state index in [-0.39, 0.29) is 23.3 Å². The first-order valence-corrected chi connectivity index (χ1v) is 5.46. The van der Waals surface area contributed by atoms with E-state index in [2.05, 4.69) is 0 Å². The third-order valence-electron chi connectivity index (χ3n) is 1.96. The summed E-state index contributed by atoms with van der Waals surface area (Å²) >= 11 is -0.168. The van der Waals surface area contributed by atoms with E-state index in [9.17, 15) is 13.2 Å². The standard InChI is InChI=1S/C10H12F3NOS/c11-10(12,13)16-8-3-1-2-7(6-8)9(14)4-5-15/h1-3,6,9,15H,4-5,14H2. The Morgan fingerprint density at radius 2 is 2.06 bits per heavy atom. The van der Waals surface area contributed by atoms with Gasteiger partial charge in [-0.1, -0.05) is 12.1 Å². The Kier molecular flexibility index (Phi) is 4.64. The third-order valence-corrected chi connectivity index (χ3v) is 2.68. The van der Waals surface area contributed by atoms with Crippen LogP contribution in [0.2, 0.25) is 0 Å². The molecule has 0 aliphatic heterocycles. The summed E-state index contributed by atoms with van der Waals surface area (Å²) in [7, 11) is 0. The predicted molar refractivity (Wildman–Crippen MR) is 57.0 cm³/mol. The van der Waals surface area contributed by atoms with E-state index in [0.29, 0.717) is 12.0 Å². The number of nitrogens with two attached hydrogens (primary N) is 1. The SMILES string of the molecule is NC(CCO)c1cccc(SC(F)(F)F)c1. The molecule has 0 aliphatic carbocycles. The molecular weight excluding hydrogens is 239 g/mol. The van der Waals surface area contributed by atoms with Crippen LogP contribution in [0.1, 0.15) is 18.0 Å². The highest BCUT2D eigenvalue weighted by atomic mass is 32.2. The average molecular weight is 251 g/mol. The van der Waals surface area contributed by atoms with Crippen LogP contribution >= 0.6 is 11.8 Å². The summed E-state index contributed by atoms with van der Waals surface area (Å²) in [5.74, 6) is 0. The molecule has 1 atom stereocenters. The number of hydrogen-bond acceptors (Lipinski definition) is 3. The van der Waals surface area contributed by atoms with Crippen molar-refractivity contribution < 1.29 is 18.3 Å². The summed E-state index contributed by atoms with van der Waals surface area (Å²) in [6.45, 7) is -0.0855. The van der Waals surface area contributed by atoms with Gasteiger partial charge in [-0.15, -0.1) is 0 Å². The van der Waals surface area contributed by atoms with Crippen LogP contribution in [0.25, 0.3) is 0 Å². The maximum atomic E-state index is 12.1. The van der Waals surface area contributed by atoms with Crippen molar-refractivity contribution in [1.29, 1.82) is 0 Å². The quantitative estimate of drug-likeness (QED) is 0.809. The molecule has 3 N–H and O–H groups in total. The van der Waals surface area contributed by atoms with E-state index in [1.54, 1.807) is 6.07 Å². The van der Waals surface area contributed by atoms with Gasteiger partial charge < -0.3 is 10.8 Å². The molecule has 16 heavy (non-hydrogen) atoms. The second-order valence-electron chi connectivity index (χ2n) is 3.24. The van der Waals surface area contributed by atoms with E-state index in [1.165, 1.54) is 18.2 Å². The molecule has 0 fully saturated rings. The number of aliphatic hydroxyl groups is 1. The summed E-state index contributed by atoms with van der Waals surface area (Å²) in [5, 5.41) is 8.69. The zero-order valence-electron chi connectivity index (χ0n) is 8.37. The molecule has 2 nitrogen and oxygen atoms in total.